The molecule has 0 aromatic heterocycles. The van der Waals surface area contributed by atoms with E-state index in [1.807, 2.05) is 7.05 Å². The van der Waals surface area contributed by atoms with Crippen LogP contribution in [0.4, 0.5) is 0 Å². The maximum atomic E-state index is 5.16. The molecule has 0 fully saturated rings. The van der Waals surface area contributed by atoms with E-state index in [-0.39, 0.29) is 0 Å². The molecule has 1 heterocycles. The summed E-state index contributed by atoms with van der Waals surface area (Å²) in [4.78, 5) is 9.74. The lowest BCUT2D eigenvalue weighted by Gasteiger charge is -2.16. The van der Waals surface area contributed by atoms with Crippen molar-refractivity contribution in [3.63, 3.8) is 0 Å². The molecule has 3 rings (SSSR count). The summed E-state index contributed by atoms with van der Waals surface area (Å²) in [5.41, 5.74) is 6.43. The number of allylic oxidation sites excluding steroid dienone is 2. The van der Waals surface area contributed by atoms with E-state index in [9.17, 15) is 0 Å². The molecule has 0 saturated carbocycles. The molecule has 0 unspecified atom stereocenters. The second kappa shape index (κ2) is 22.4. The molecular formula is C38H58N4O. The first-order chi connectivity index (χ1) is 21.0. The summed E-state index contributed by atoms with van der Waals surface area (Å²) in [6, 6.07) is 17.3. The molecular weight excluding hydrogens is 528 g/mol. The van der Waals surface area contributed by atoms with Crippen LogP contribution in [0.15, 0.2) is 82.1 Å². The number of hydrogen-bond donors (Lipinski definition) is 2. The molecule has 2 aromatic carbocycles. The summed E-state index contributed by atoms with van der Waals surface area (Å²) in [5, 5.41) is 7.24. The van der Waals surface area contributed by atoms with E-state index in [0.29, 0.717) is 0 Å². The third-order valence-electron chi connectivity index (χ3n) is 7.68. The Labute approximate surface area is 263 Å². The number of fused-ring (bicyclic) bond motifs is 1. The molecule has 2 N–H and O–H groups in total. The van der Waals surface area contributed by atoms with Crippen LogP contribution in [0.5, 0.6) is 0 Å². The third-order valence-corrected chi connectivity index (χ3v) is 7.68. The monoisotopic (exact) mass is 586 g/mol. The van der Waals surface area contributed by atoms with Gasteiger partial charge >= 0.3 is 0 Å². The topological polar surface area (TPSA) is 58.0 Å². The molecule has 2 aromatic rings. The fourth-order valence-electron chi connectivity index (χ4n) is 5.01. The summed E-state index contributed by atoms with van der Waals surface area (Å²) < 4.78 is 4.78. The van der Waals surface area contributed by atoms with Crippen LogP contribution in [0.1, 0.15) is 114 Å². The first-order valence-corrected chi connectivity index (χ1v) is 16.6. The van der Waals surface area contributed by atoms with Gasteiger partial charge in [-0.3, -0.25) is 4.99 Å². The summed E-state index contributed by atoms with van der Waals surface area (Å²) in [6.45, 7) is 10.4. The highest BCUT2D eigenvalue weighted by molar-refractivity contribution is 6.13. The lowest BCUT2D eigenvalue weighted by atomic mass is 10.00. The highest BCUT2D eigenvalue weighted by atomic mass is 16.5. The average Bonchev–Trinajstić information content (AvgIpc) is 3.02. The molecule has 0 spiro atoms. The molecule has 43 heavy (non-hydrogen) atoms. The summed E-state index contributed by atoms with van der Waals surface area (Å²) in [5.74, 6) is 2.57. The number of aliphatic imine (C=N–C) groups is 2. The number of hydrogen-bond acceptors (Lipinski definition) is 4. The molecule has 0 aliphatic carbocycles. The van der Waals surface area contributed by atoms with Gasteiger partial charge in [-0.2, -0.15) is 0 Å². The number of aryl methyl sites for hydroxylation is 2. The fourth-order valence-corrected chi connectivity index (χ4v) is 5.01. The molecule has 0 bridgehead atoms. The maximum Gasteiger partial charge on any atom is 0.141 e. The van der Waals surface area contributed by atoms with Crippen molar-refractivity contribution in [3.8, 4) is 0 Å². The number of unbranched alkanes of at least 4 members (excludes halogenated alkanes) is 2. The second-order valence-electron chi connectivity index (χ2n) is 11.5. The normalized spacial score (nSPS) is 20.0. The summed E-state index contributed by atoms with van der Waals surface area (Å²) >= 11 is 0. The molecule has 0 saturated heterocycles. The largest absolute Gasteiger partial charge is 0.385 e. The van der Waals surface area contributed by atoms with Crippen LogP contribution >= 0.6 is 0 Å². The quantitative estimate of drug-likeness (QED) is 0.332. The molecule has 1 aliphatic heterocycles. The molecule has 5 heteroatoms. The van der Waals surface area contributed by atoms with E-state index < -0.39 is 0 Å². The van der Waals surface area contributed by atoms with Crippen molar-refractivity contribution in [2.75, 3.05) is 20.8 Å². The van der Waals surface area contributed by atoms with Gasteiger partial charge < -0.3 is 15.4 Å². The Bertz CT molecular complexity index is 1170. The summed E-state index contributed by atoms with van der Waals surface area (Å²) in [6.07, 6.45) is 18.8. The van der Waals surface area contributed by atoms with E-state index >= 15 is 0 Å². The van der Waals surface area contributed by atoms with Crippen molar-refractivity contribution < 1.29 is 4.74 Å². The van der Waals surface area contributed by atoms with E-state index in [2.05, 4.69) is 104 Å². The van der Waals surface area contributed by atoms with Crippen molar-refractivity contribution in [2.24, 2.45) is 9.98 Å². The zero-order chi connectivity index (χ0) is 31.1. The number of ether oxygens (including phenoxy) is 1. The van der Waals surface area contributed by atoms with Gasteiger partial charge in [0, 0.05) is 32.9 Å². The number of benzene rings is 2. The van der Waals surface area contributed by atoms with Crippen LogP contribution in [0.25, 0.3) is 0 Å². The van der Waals surface area contributed by atoms with Gasteiger partial charge in [0.2, 0.25) is 0 Å². The van der Waals surface area contributed by atoms with Gasteiger partial charge in [0.15, 0.2) is 0 Å². The third kappa shape index (κ3) is 14.7. The Morgan fingerprint density at radius 2 is 1.53 bits per heavy atom. The van der Waals surface area contributed by atoms with Gasteiger partial charge in [0.25, 0.3) is 0 Å². The minimum atomic E-state index is 0.768. The highest BCUT2D eigenvalue weighted by Gasteiger charge is 2.11. The lowest BCUT2D eigenvalue weighted by molar-refractivity contribution is 0.194. The Morgan fingerprint density at radius 3 is 2.19 bits per heavy atom. The minimum Gasteiger partial charge on any atom is -0.385 e. The summed E-state index contributed by atoms with van der Waals surface area (Å²) in [7, 11) is 3.58. The fraction of sp³-hybridized carbons (Fsp3) is 0.526. The Morgan fingerprint density at radius 1 is 0.860 bits per heavy atom. The van der Waals surface area contributed by atoms with Crippen LogP contribution < -0.4 is 10.6 Å². The van der Waals surface area contributed by atoms with Crippen LogP contribution in [0, 0.1) is 6.92 Å². The predicted octanol–water partition coefficient (Wildman–Crippen LogP) is 9.46. The zero-order valence-corrected chi connectivity index (χ0v) is 28.0. The van der Waals surface area contributed by atoms with E-state index in [4.69, 9.17) is 9.73 Å². The minimum absolute atomic E-state index is 0.768. The second-order valence-corrected chi connectivity index (χ2v) is 11.5. The van der Waals surface area contributed by atoms with Crippen molar-refractivity contribution >= 4 is 11.7 Å². The van der Waals surface area contributed by atoms with Crippen LogP contribution in [0.2, 0.25) is 0 Å². The molecule has 5 nitrogen and oxygen atoms in total. The van der Waals surface area contributed by atoms with Gasteiger partial charge in [-0.15, -0.1) is 0 Å². The lowest BCUT2D eigenvalue weighted by Crippen LogP contribution is -2.32. The van der Waals surface area contributed by atoms with Crippen molar-refractivity contribution in [1.29, 1.82) is 0 Å². The van der Waals surface area contributed by atoms with E-state index in [1.54, 1.807) is 7.11 Å². The van der Waals surface area contributed by atoms with E-state index in [1.165, 1.54) is 73.6 Å². The Hall–Kier alpha value is -3.18. The molecule has 1 aliphatic rings. The Kier molecular flexibility index (Phi) is 18.7. The number of nitrogens with zero attached hydrogens (tertiary/aromatic N) is 2. The molecule has 0 atom stereocenters. The highest BCUT2D eigenvalue weighted by Crippen LogP contribution is 2.17. The van der Waals surface area contributed by atoms with Crippen LogP contribution in [0.3, 0.4) is 0 Å². The number of rotatable bonds is 6. The van der Waals surface area contributed by atoms with Gasteiger partial charge in [-0.05, 0) is 81.2 Å². The molecule has 0 amide bonds. The van der Waals surface area contributed by atoms with Gasteiger partial charge in [0.1, 0.15) is 17.5 Å². The number of amidine groups is 2. The zero-order valence-electron chi connectivity index (χ0n) is 28.0. The average molecular weight is 587 g/mol. The first kappa shape index (κ1) is 36.0. The number of methoxy groups -OCH3 is 1. The van der Waals surface area contributed by atoms with Crippen LogP contribution in [-0.2, 0) is 17.7 Å². The molecule has 0 radical (unpaired) electrons. The van der Waals surface area contributed by atoms with Crippen molar-refractivity contribution in [1.82, 2.24) is 10.6 Å². The smallest absolute Gasteiger partial charge is 0.141 e. The Balaban J connectivity index is 0.000000973. The van der Waals surface area contributed by atoms with Crippen LogP contribution in [-0.4, -0.2) is 32.4 Å². The first-order valence-electron chi connectivity index (χ1n) is 16.6. The van der Waals surface area contributed by atoms with E-state index in [0.717, 1.165) is 61.9 Å². The van der Waals surface area contributed by atoms with Gasteiger partial charge in [0.05, 0.1) is 0 Å². The predicted molar refractivity (Wildman–Crippen MR) is 187 cm³/mol. The van der Waals surface area contributed by atoms with Gasteiger partial charge in [-0.1, -0.05) is 106 Å². The standard InChI is InChI=1S/C33H46N4.C5H12O/c1-5-6-23-31-35-25-29-21-15-14-20-28(29)19-12-10-8-7-9-11-17-26(2)24-32(34-4)37-33(36-31)30-22-16-13-18-27(30)3;1-3-4-5-6-2/h13-16,18,20-24,35H,5-12,17,19,25H2,1-4H3,(H,34,36,37);3-5H2,1-2H3/b26-24+,31-23+;. The number of nitrogens with one attached hydrogen (secondary N) is 2. The van der Waals surface area contributed by atoms with Gasteiger partial charge in [-0.25, -0.2) is 4.99 Å². The SMILES string of the molecule is CCC/C=C1/N=C(\c2ccccc2C)NC(=NC)/C=C(\C)CCCCCCCCc2ccccc2CN1.CCCCOC. The molecule has 236 valence electrons. The van der Waals surface area contributed by atoms with Crippen molar-refractivity contribution in [3.05, 3.63) is 94.3 Å². The maximum absolute atomic E-state index is 5.16. The van der Waals surface area contributed by atoms with Crippen molar-refractivity contribution in [2.45, 2.75) is 111 Å².